The zero-order chi connectivity index (χ0) is 12.3. The van der Waals surface area contributed by atoms with Crippen molar-refractivity contribution in [2.24, 2.45) is 5.73 Å². The highest BCUT2D eigenvalue weighted by atomic mass is 16.5. The molecule has 0 heterocycles. The third-order valence-electron chi connectivity index (χ3n) is 2.68. The second kappa shape index (κ2) is 4.99. The predicted octanol–water partition coefficient (Wildman–Crippen LogP) is 1.27. The Morgan fingerprint density at radius 2 is 2.12 bits per heavy atom. The molecular formula is C12H17NO3. The summed E-state index contributed by atoms with van der Waals surface area (Å²) in [6.07, 6.45) is 0.317. The lowest BCUT2D eigenvalue weighted by molar-refractivity contribution is -0.138. The van der Waals surface area contributed by atoms with E-state index >= 15 is 0 Å². The number of rotatable bonds is 4. The van der Waals surface area contributed by atoms with Crippen molar-refractivity contribution in [2.45, 2.75) is 26.3 Å². The van der Waals surface area contributed by atoms with Gasteiger partial charge < -0.3 is 15.6 Å². The molecule has 1 aromatic rings. The van der Waals surface area contributed by atoms with Crippen LogP contribution in [-0.4, -0.2) is 24.2 Å². The number of methoxy groups -OCH3 is 1. The van der Waals surface area contributed by atoms with Crippen LogP contribution in [-0.2, 0) is 11.2 Å². The molecule has 0 bridgehead atoms. The molecule has 0 saturated heterocycles. The SMILES string of the molecule is COc1c(C)ccc(CC(N)C(=O)O)c1C. The van der Waals surface area contributed by atoms with Crippen LogP contribution in [0.15, 0.2) is 12.1 Å². The van der Waals surface area contributed by atoms with E-state index in [1.807, 2.05) is 26.0 Å². The number of aliphatic carboxylic acids is 1. The second-order valence-electron chi connectivity index (χ2n) is 3.85. The van der Waals surface area contributed by atoms with Gasteiger partial charge in [-0.1, -0.05) is 12.1 Å². The van der Waals surface area contributed by atoms with Gasteiger partial charge >= 0.3 is 5.97 Å². The normalized spacial score (nSPS) is 12.2. The summed E-state index contributed by atoms with van der Waals surface area (Å²) in [6.45, 7) is 3.86. The van der Waals surface area contributed by atoms with E-state index in [2.05, 4.69) is 0 Å². The minimum Gasteiger partial charge on any atom is -0.496 e. The topological polar surface area (TPSA) is 72.5 Å². The number of ether oxygens (including phenoxy) is 1. The van der Waals surface area contributed by atoms with Gasteiger partial charge in [-0.25, -0.2) is 0 Å². The molecule has 1 rings (SSSR count). The van der Waals surface area contributed by atoms with Crippen molar-refractivity contribution in [1.29, 1.82) is 0 Å². The number of benzene rings is 1. The average molecular weight is 223 g/mol. The molecule has 0 aliphatic rings. The molecule has 4 nitrogen and oxygen atoms in total. The number of carbonyl (C=O) groups is 1. The van der Waals surface area contributed by atoms with Crippen LogP contribution in [0.5, 0.6) is 5.75 Å². The molecule has 0 radical (unpaired) electrons. The van der Waals surface area contributed by atoms with E-state index in [0.29, 0.717) is 6.42 Å². The van der Waals surface area contributed by atoms with Gasteiger partial charge in [0.25, 0.3) is 0 Å². The van der Waals surface area contributed by atoms with Crippen LogP contribution in [0.3, 0.4) is 0 Å². The number of hydrogen-bond acceptors (Lipinski definition) is 3. The van der Waals surface area contributed by atoms with E-state index in [4.69, 9.17) is 15.6 Å². The number of hydrogen-bond donors (Lipinski definition) is 2. The van der Waals surface area contributed by atoms with Gasteiger partial charge in [0.15, 0.2) is 0 Å². The van der Waals surface area contributed by atoms with Crippen LogP contribution in [0.4, 0.5) is 0 Å². The Morgan fingerprint density at radius 3 is 2.62 bits per heavy atom. The second-order valence-corrected chi connectivity index (χ2v) is 3.85. The first-order valence-corrected chi connectivity index (χ1v) is 5.08. The Bertz CT molecular complexity index is 401. The Balaban J connectivity index is 3.02. The van der Waals surface area contributed by atoms with Crippen molar-refractivity contribution in [3.05, 3.63) is 28.8 Å². The summed E-state index contributed by atoms with van der Waals surface area (Å²) >= 11 is 0. The largest absolute Gasteiger partial charge is 0.496 e. The molecule has 0 saturated carbocycles. The van der Waals surface area contributed by atoms with Gasteiger partial charge in [0.2, 0.25) is 0 Å². The highest BCUT2D eigenvalue weighted by Crippen LogP contribution is 2.26. The van der Waals surface area contributed by atoms with Gasteiger partial charge in [0.1, 0.15) is 11.8 Å². The summed E-state index contributed by atoms with van der Waals surface area (Å²) in [6, 6.07) is 2.94. The molecule has 0 fully saturated rings. The first-order valence-electron chi connectivity index (χ1n) is 5.08. The third kappa shape index (κ3) is 2.52. The number of carboxylic acids is 1. The lowest BCUT2D eigenvalue weighted by Gasteiger charge is -2.14. The molecule has 0 aliphatic heterocycles. The summed E-state index contributed by atoms with van der Waals surface area (Å²) in [7, 11) is 1.61. The van der Waals surface area contributed by atoms with E-state index in [0.717, 1.165) is 22.4 Å². The van der Waals surface area contributed by atoms with E-state index in [1.54, 1.807) is 7.11 Å². The maximum Gasteiger partial charge on any atom is 0.320 e. The van der Waals surface area contributed by atoms with Gasteiger partial charge in [-0.05, 0) is 37.0 Å². The summed E-state index contributed by atoms with van der Waals surface area (Å²) in [5.41, 5.74) is 8.41. The van der Waals surface area contributed by atoms with Crippen molar-refractivity contribution in [1.82, 2.24) is 0 Å². The lowest BCUT2D eigenvalue weighted by Crippen LogP contribution is -2.32. The van der Waals surface area contributed by atoms with Crippen molar-refractivity contribution in [3.8, 4) is 5.75 Å². The summed E-state index contributed by atoms with van der Waals surface area (Å²) in [5.74, 6) is -0.186. The monoisotopic (exact) mass is 223 g/mol. The summed E-state index contributed by atoms with van der Waals surface area (Å²) < 4.78 is 5.27. The average Bonchev–Trinajstić information content (AvgIpc) is 2.22. The number of carboxylic acid groups (broad SMARTS) is 1. The van der Waals surface area contributed by atoms with Crippen LogP contribution in [0.25, 0.3) is 0 Å². The first-order chi connectivity index (χ1) is 7.47. The summed E-state index contributed by atoms with van der Waals surface area (Å²) in [4.78, 5) is 10.7. The van der Waals surface area contributed by atoms with Crippen LogP contribution in [0, 0.1) is 13.8 Å². The van der Waals surface area contributed by atoms with Crippen molar-refractivity contribution >= 4 is 5.97 Å². The van der Waals surface area contributed by atoms with E-state index in [-0.39, 0.29) is 0 Å². The van der Waals surface area contributed by atoms with Crippen molar-refractivity contribution in [2.75, 3.05) is 7.11 Å². The Hall–Kier alpha value is -1.55. The Morgan fingerprint density at radius 1 is 1.50 bits per heavy atom. The molecule has 1 aromatic carbocycles. The number of nitrogens with two attached hydrogens (primary N) is 1. The molecule has 88 valence electrons. The van der Waals surface area contributed by atoms with E-state index in [9.17, 15) is 4.79 Å². The van der Waals surface area contributed by atoms with E-state index < -0.39 is 12.0 Å². The zero-order valence-electron chi connectivity index (χ0n) is 9.78. The van der Waals surface area contributed by atoms with Gasteiger partial charge in [-0.2, -0.15) is 0 Å². The minimum absolute atomic E-state index is 0.317. The lowest BCUT2D eigenvalue weighted by atomic mass is 9.98. The molecule has 0 aliphatic carbocycles. The van der Waals surface area contributed by atoms with Crippen LogP contribution < -0.4 is 10.5 Å². The molecular weight excluding hydrogens is 206 g/mol. The van der Waals surface area contributed by atoms with Crippen LogP contribution >= 0.6 is 0 Å². The molecule has 16 heavy (non-hydrogen) atoms. The van der Waals surface area contributed by atoms with Crippen LogP contribution in [0.2, 0.25) is 0 Å². The molecule has 1 atom stereocenters. The smallest absolute Gasteiger partial charge is 0.320 e. The standard InChI is InChI=1S/C12H17NO3/c1-7-4-5-9(6-10(13)12(14)15)8(2)11(7)16-3/h4-5,10H,6,13H2,1-3H3,(H,14,15). The molecule has 0 spiro atoms. The molecule has 4 heteroatoms. The fourth-order valence-electron chi connectivity index (χ4n) is 1.73. The molecule has 0 aromatic heterocycles. The Kier molecular flexibility index (Phi) is 3.90. The Labute approximate surface area is 95.0 Å². The highest BCUT2D eigenvalue weighted by molar-refractivity contribution is 5.73. The molecule has 1 unspecified atom stereocenters. The quantitative estimate of drug-likeness (QED) is 0.806. The highest BCUT2D eigenvalue weighted by Gasteiger charge is 2.15. The fraction of sp³-hybridized carbons (Fsp3) is 0.417. The van der Waals surface area contributed by atoms with Gasteiger partial charge in [-0.3, -0.25) is 4.79 Å². The third-order valence-corrected chi connectivity index (χ3v) is 2.68. The zero-order valence-corrected chi connectivity index (χ0v) is 9.78. The predicted molar refractivity (Wildman–Crippen MR) is 61.8 cm³/mol. The van der Waals surface area contributed by atoms with Gasteiger partial charge in [-0.15, -0.1) is 0 Å². The summed E-state index contributed by atoms with van der Waals surface area (Å²) in [5, 5.41) is 8.76. The van der Waals surface area contributed by atoms with Crippen molar-refractivity contribution in [3.63, 3.8) is 0 Å². The number of aryl methyl sites for hydroxylation is 1. The maximum atomic E-state index is 10.7. The molecule has 0 amide bonds. The van der Waals surface area contributed by atoms with Crippen molar-refractivity contribution < 1.29 is 14.6 Å². The van der Waals surface area contributed by atoms with Crippen LogP contribution in [0.1, 0.15) is 16.7 Å². The molecule has 3 N–H and O–H groups in total. The maximum absolute atomic E-state index is 10.7. The van der Waals surface area contributed by atoms with Gasteiger partial charge in [0.05, 0.1) is 7.11 Å². The van der Waals surface area contributed by atoms with Gasteiger partial charge in [0, 0.05) is 0 Å². The first kappa shape index (κ1) is 12.5. The minimum atomic E-state index is -0.987. The van der Waals surface area contributed by atoms with E-state index in [1.165, 1.54) is 0 Å². The fourth-order valence-corrected chi connectivity index (χ4v) is 1.73.